The van der Waals surface area contributed by atoms with Crippen molar-refractivity contribution in [2.45, 2.75) is 17.4 Å². The molecule has 10 heteroatoms. The number of morpholine rings is 1. The molecule has 0 spiro atoms. The van der Waals surface area contributed by atoms with Crippen molar-refractivity contribution in [2.24, 2.45) is 0 Å². The summed E-state index contributed by atoms with van der Waals surface area (Å²) in [5.41, 5.74) is 0.421. The number of nitrogens with zero attached hydrogens (tertiary/aromatic N) is 3. The van der Waals surface area contributed by atoms with Gasteiger partial charge >= 0.3 is 0 Å². The molecule has 28 heavy (non-hydrogen) atoms. The van der Waals surface area contributed by atoms with Crippen molar-refractivity contribution in [1.82, 2.24) is 9.21 Å². The molecular weight excluding hydrogens is 402 g/mol. The van der Waals surface area contributed by atoms with Crippen LogP contribution >= 0.6 is 11.8 Å². The average Bonchev–Trinajstić information content (AvgIpc) is 3.03. The van der Waals surface area contributed by atoms with Gasteiger partial charge in [-0.1, -0.05) is 0 Å². The molecule has 8 nitrogen and oxygen atoms in total. The molecule has 0 aliphatic carbocycles. The quantitative estimate of drug-likeness (QED) is 0.645. The average molecular weight is 426 g/mol. The largest absolute Gasteiger partial charge is 0.379 e. The molecule has 152 valence electrons. The van der Waals surface area contributed by atoms with E-state index in [4.69, 9.17) is 4.74 Å². The van der Waals surface area contributed by atoms with Gasteiger partial charge in [0.25, 0.3) is 5.91 Å². The fourth-order valence-corrected chi connectivity index (χ4v) is 6.10. The van der Waals surface area contributed by atoms with Gasteiger partial charge in [-0.15, -0.1) is 0 Å². The van der Waals surface area contributed by atoms with E-state index in [1.165, 1.54) is 33.5 Å². The number of imide groups is 1. The molecule has 0 radical (unpaired) electrons. The van der Waals surface area contributed by atoms with E-state index < -0.39 is 16.1 Å². The van der Waals surface area contributed by atoms with Crippen LogP contribution < -0.4 is 4.90 Å². The highest BCUT2D eigenvalue weighted by atomic mass is 32.2. The number of anilines is 1. The zero-order valence-corrected chi connectivity index (χ0v) is 17.1. The first-order valence-electron chi connectivity index (χ1n) is 9.35. The molecule has 3 fully saturated rings. The predicted molar refractivity (Wildman–Crippen MR) is 106 cm³/mol. The van der Waals surface area contributed by atoms with Crippen LogP contribution in [0.2, 0.25) is 0 Å². The van der Waals surface area contributed by atoms with Gasteiger partial charge < -0.3 is 4.74 Å². The fourth-order valence-electron chi connectivity index (χ4n) is 3.76. The van der Waals surface area contributed by atoms with E-state index in [2.05, 4.69) is 4.90 Å². The minimum Gasteiger partial charge on any atom is -0.379 e. The van der Waals surface area contributed by atoms with Crippen LogP contribution in [0.3, 0.4) is 0 Å². The first-order valence-corrected chi connectivity index (χ1v) is 11.9. The summed E-state index contributed by atoms with van der Waals surface area (Å²) in [4.78, 5) is 28.8. The second-order valence-electron chi connectivity index (χ2n) is 6.95. The summed E-state index contributed by atoms with van der Waals surface area (Å²) in [6.07, 6.45) is 0.178. The molecule has 3 aliphatic heterocycles. The van der Waals surface area contributed by atoms with Crippen molar-refractivity contribution in [2.75, 3.05) is 55.8 Å². The Labute approximate surface area is 168 Å². The summed E-state index contributed by atoms with van der Waals surface area (Å²) in [6, 6.07) is 5.59. The van der Waals surface area contributed by atoms with Crippen LogP contribution in [0.15, 0.2) is 29.2 Å². The van der Waals surface area contributed by atoms with Crippen LogP contribution in [-0.4, -0.2) is 86.4 Å². The molecule has 3 aliphatic rings. The molecular formula is C18H23N3O5S2. The molecule has 1 atom stereocenters. The van der Waals surface area contributed by atoms with Crippen molar-refractivity contribution >= 4 is 39.3 Å². The van der Waals surface area contributed by atoms with Gasteiger partial charge in [0.05, 0.1) is 36.3 Å². The zero-order chi connectivity index (χ0) is 19.7. The van der Waals surface area contributed by atoms with E-state index in [1.54, 1.807) is 0 Å². The Morgan fingerprint density at radius 1 is 0.964 bits per heavy atom. The molecule has 3 saturated heterocycles. The van der Waals surface area contributed by atoms with Crippen molar-refractivity contribution in [3.8, 4) is 0 Å². The third-order valence-corrected chi connectivity index (χ3v) is 8.17. The number of ether oxygens (including phenoxy) is 1. The van der Waals surface area contributed by atoms with E-state index in [1.807, 2.05) is 11.8 Å². The van der Waals surface area contributed by atoms with Crippen LogP contribution in [0.4, 0.5) is 5.69 Å². The Bertz CT molecular complexity index is 846. The maximum absolute atomic E-state index is 12.9. The highest BCUT2D eigenvalue weighted by Gasteiger charge is 2.43. The molecule has 0 bridgehead atoms. The minimum absolute atomic E-state index is 0.154. The van der Waals surface area contributed by atoms with Gasteiger partial charge in [0, 0.05) is 37.7 Å². The van der Waals surface area contributed by atoms with Gasteiger partial charge in [-0.05, 0) is 24.3 Å². The summed E-state index contributed by atoms with van der Waals surface area (Å²) < 4.78 is 32.0. The highest BCUT2D eigenvalue weighted by molar-refractivity contribution is 7.99. The number of hydrogen-bond donors (Lipinski definition) is 0. The molecule has 3 heterocycles. The van der Waals surface area contributed by atoms with E-state index in [-0.39, 0.29) is 23.1 Å². The second kappa shape index (κ2) is 8.11. The number of sulfonamides is 1. The lowest BCUT2D eigenvalue weighted by Gasteiger charge is -2.30. The molecule has 0 aromatic heterocycles. The van der Waals surface area contributed by atoms with Gasteiger partial charge in [-0.3, -0.25) is 14.5 Å². The summed E-state index contributed by atoms with van der Waals surface area (Å²) in [7, 11) is -3.60. The first kappa shape index (κ1) is 19.8. The molecule has 0 N–H and O–H groups in total. The lowest BCUT2D eigenvalue weighted by atomic mass is 10.2. The predicted octanol–water partition coefficient (Wildman–Crippen LogP) is 0.388. The Hall–Kier alpha value is -1.46. The summed E-state index contributed by atoms with van der Waals surface area (Å²) in [5.74, 6) is 1.47. The van der Waals surface area contributed by atoms with Crippen LogP contribution in [0, 0.1) is 0 Å². The van der Waals surface area contributed by atoms with Crippen LogP contribution in [0.1, 0.15) is 6.42 Å². The summed E-state index contributed by atoms with van der Waals surface area (Å²) in [5, 5.41) is 0. The van der Waals surface area contributed by atoms with E-state index in [9.17, 15) is 18.0 Å². The van der Waals surface area contributed by atoms with E-state index in [0.717, 1.165) is 24.6 Å². The van der Waals surface area contributed by atoms with Gasteiger partial charge in [-0.25, -0.2) is 13.3 Å². The monoisotopic (exact) mass is 425 g/mol. The normalized spacial score (nSPS) is 25.4. The third kappa shape index (κ3) is 3.71. The lowest BCUT2D eigenvalue weighted by molar-refractivity contribution is -0.122. The molecule has 1 aromatic rings. The van der Waals surface area contributed by atoms with Crippen molar-refractivity contribution in [3.05, 3.63) is 24.3 Å². The van der Waals surface area contributed by atoms with Gasteiger partial charge in [-0.2, -0.15) is 16.1 Å². The maximum Gasteiger partial charge on any atom is 0.251 e. The standard InChI is InChI=1S/C18H23N3O5S2/c22-17-13-16(19-7-11-27-12-8-19)18(23)21(17)14-1-3-15(4-2-14)28(24,25)20-5-9-26-10-6-20/h1-4,16H,5-13H2/t16-/m1/s1. The van der Waals surface area contributed by atoms with Crippen LogP contribution in [0.5, 0.6) is 0 Å². The smallest absolute Gasteiger partial charge is 0.251 e. The number of rotatable bonds is 4. The zero-order valence-electron chi connectivity index (χ0n) is 15.5. The fraction of sp³-hybridized carbons (Fsp3) is 0.556. The topological polar surface area (TPSA) is 87.2 Å². The van der Waals surface area contributed by atoms with E-state index in [0.29, 0.717) is 32.0 Å². The number of carbonyl (C=O) groups is 2. The second-order valence-corrected chi connectivity index (χ2v) is 10.1. The number of carbonyl (C=O) groups excluding carboxylic acids is 2. The third-order valence-electron chi connectivity index (χ3n) is 5.31. The molecule has 2 amide bonds. The van der Waals surface area contributed by atoms with Crippen LogP contribution in [-0.2, 0) is 24.3 Å². The van der Waals surface area contributed by atoms with Crippen molar-refractivity contribution in [1.29, 1.82) is 0 Å². The molecule has 0 saturated carbocycles. The Morgan fingerprint density at radius 3 is 2.25 bits per heavy atom. The van der Waals surface area contributed by atoms with Gasteiger partial charge in [0.15, 0.2) is 0 Å². The summed E-state index contributed by atoms with van der Waals surface area (Å²) in [6.45, 7) is 3.01. The first-order chi connectivity index (χ1) is 13.5. The van der Waals surface area contributed by atoms with Crippen molar-refractivity contribution in [3.63, 3.8) is 0 Å². The Morgan fingerprint density at radius 2 is 1.61 bits per heavy atom. The van der Waals surface area contributed by atoms with Crippen molar-refractivity contribution < 1.29 is 22.7 Å². The van der Waals surface area contributed by atoms with Gasteiger partial charge in [0.2, 0.25) is 15.9 Å². The Kier molecular flexibility index (Phi) is 5.75. The summed E-state index contributed by atoms with van der Waals surface area (Å²) >= 11 is 1.85. The van der Waals surface area contributed by atoms with Crippen LogP contribution in [0.25, 0.3) is 0 Å². The molecule has 1 aromatic carbocycles. The molecule has 4 rings (SSSR count). The van der Waals surface area contributed by atoms with E-state index >= 15 is 0 Å². The minimum atomic E-state index is -3.60. The number of amides is 2. The molecule has 0 unspecified atom stereocenters. The number of thioether (sulfide) groups is 1. The lowest BCUT2D eigenvalue weighted by Crippen LogP contribution is -2.45. The highest BCUT2D eigenvalue weighted by Crippen LogP contribution is 2.28. The SMILES string of the molecule is O=C1C[C@@H](N2CCSCC2)C(=O)N1c1ccc(S(=O)(=O)N2CCOCC2)cc1. The Balaban J connectivity index is 1.52. The van der Waals surface area contributed by atoms with Gasteiger partial charge in [0.1, 0.15) is 0 Å². The number of benzene rings is 1. The maximum atomic E-state index is 12.9. The number of hydrogen-bond acceptors (Lipinski definition) is 7.